The number of carbonyl (C=O) groups excluding carboxylic acids is 1. The molecule has 1 N–H and O–H groups in total. The van der Waals surface area contributed by atoms with E-state index in [1.54, 1.807) is 19.2 Å². The summed E-state index contributed by atoms with van der Waals surface area (Å²) in [4.78, 5) is 12.2. The maximum Gasteiger partial charge on any atom is 0.251 e. The van der Waals surface area contributed by atoms with Crippen molar-refractivity contribution in [2.75, 3.05) is 7.11 Å². The highest BCUT2D eigenvalue weighted by Crippen LogP contribution is 2.12. The lowest BCUT2D eigenvalue weighted by atomic mass is 10.0. The maximum absolute atomic E-state index is 12.2. The zero-order chi connectivity index (χ0) is 17.6. The average Bonchev–Trinajstić information content (AvgIpc) is 2.60. The fourth-order valence-corrected chi connectivity index (χ4v) is 1.99. The Bertz CT molecular complexity index is 747. The molecular weight excluding hydrogens is 298 g/mol. The van der Waals surface area contributed by atoms with E-state index in [4.69, 9.17) is 4.74 Å². The van der Waals surface area contributed by atoms with E-state index in [9.17, 15) is 4.79 Å². The highest BCUT2D eigenvalue weighted by Gasteiger charge is 2.18. The third kappa shape index (κ3) is 4.89. The van der Waals surface area contributed by atoms with Gasteiger partial charge in [0.2, 0.25) is 0 Å². The lowest BCUT2D eigenvalue weighted by Crippen LogP contribution is -2.42. The summed E-state index contributed by atoms with van der Waals surface area (Å²) in [6.45, 7) is 6.08. The summed E-state index contributed by atoms with van der Waals surface area (Å²) < 4.78 is 5.12. The third-order valence-electron chi connectivity index (χ3n) is 3.92. The van der Waals surface area contributed by atoms with Crippen LogP contribution in [0, 0.1) is 11.8 Å². The molecule has 0 saturated heterocycles. The molecule has 1 amide bonds. The van der Waals surface area contributed by atoms with Crippen molar-refractivity contribution in [3.63, 3.8) is 0 Å². The Morgan fingerprint density at radius 3 is 1.96 bits per heavy atom. The average molecular weight is 321 g/mol. The number of carbonyl (C=O) groups is 1. The number of amides is 1. The molecule has 0 radical (unpaired) electrons. The first-order valence-electron chi connectivity index (χ1n) is 8.02. The van der Waals surface area contributed by atoms with Crippen molar-refractivity contribution in [1.29, 1.82) is 0 Å². The molecule has 0 aliphatic carbocycles. The number of hydrogen-bond donors (Lipinski definition) is 1. The highest BCUT2D eigenvalue weighted by atomic mass is 16.5. The van der Waals surface area contributed by atoms with E-state index in [2.05, 4.69) is 24.1 Å². The molecule has 3 nitrogen and oxygen atoms in total. The molecule has 0 atom stereocenters. The van der Waals surface area contributed by atoms with Crippen LogP contribution in [0.1, 0.15) is 48.7 Å². The monoisotopic (exact) mass is 321 g/mol. The Hall–Kier alpha value is -2.73. The summed E-state index contributed by atoms with van der Waals surface area (Å²) in [6, 6.07) is 14.9. The Morgan fingerprint density at radius 1 is 1.00 bits per heavy atom. The van der Waals surface area contributed by atoms with Crippen molar-refractivity contribution in [3.05, 3.63) is 65.2 Å². The standard InChI is InChI=1S/C21H23NO2/c1-5-21(2,3)22-20(23)18-12-8-16(9-13-18)6-7-17-10-14-19(24-4)15-11-17/h8-15H,5H2,1-4H3,(H,22,23). The van der Waals surface area contributed by atoms with Crippen molar-refractivity contribution in [3.8, 4) is 17.6 Å². The molecule has 0 heterocycles. The van der Waals surface area contributed by atoms with Crippen LogP contribution in [0.2, 0.25) is 0 Å². The lowest BCUT2D eigenvalue weighted by molar-refractivity contribution is 0.0911. The second-order valence-electron chi connectivity index (χ2n) is 6.25. The summed E-state index contributed by atoms with van der Waals surface area (Å²) in [5.74, 6) is 6.96. The molecule has 2 aromatic rings. The van der Waals surface area contributed by atoms with Gasteiger partial charge in [-0.05, 0) is 68.8 Å². The summed E-state index contributed by atoms with van der Waals surface area (Å²) in [5.41, 5.74) is 2.23. The van der Waals surface area contributed by atoms with Gasteiger partial charge in [-0.15, -0.1) is 0 Å². The predicted molar refractivity (Wildman–Crippen MR) is 97.3 cm³/mol. The van der Waals surface area contributed by atoms with Crippen molar-refractivity contribution in [2.45, 2.75) is 32.7 Å². The first-order chi connectivity index (χ1) is 11.4. The molecule has 0 fully saturated rings. The lowest BCUT2D eigenvalue weighted by Gasteiger charge is -2.24. The minimum atomic E-state index is -0.204. The molecule has 0 bridgehead atoms. The molecule has 24 heavy (non-hydrogen) atoms. The Morgan fingerprint density at radius 2 is 1.50 bits per heavy atom. The predicted octanol–water partition coefficient (Wildman–Crippen LogP) is 4.01. The van der Waals surface area contributed by atoms with Gasteiger partial charge in [-0.2, -0.15) is 0 Å². The highest BCUT2D eigenvalue weighted by molar-refractivity contribution is 5.94. The minimum absolute atomic E-state index is 0.0588. The van der Waals surface area contributed by atoms with Crippen LogP contribution in [-0.2, 0) is 0 Å². The van der Waals surface area contributed by atoms with Crippen LogP contribution >= 0.6 is 0 Å². The zero-order valence-electron chi connectivity index (χ0n) is 14.6. The summed E-state index contributed by atoms with van der Waals surface area (Å²) in [6.07, 6.45) is 0.879. The quantitative estimate of drug-likeness (QED) is 0.864. The molecule has 2 aromatic carbocycles. The van der Waals surface area contributed by atoms with Crippen LogP contribution in [0.5, 0.6) is 5.75 Å². The van der Waals surface area contributed by atoms with Gasteiger partial charge in [0, 0.05) is 22.2 Å². The summed E-state index contributed by atoms with van der Waals surface area (Å²) in [7, 11) is 1.64. The van der Waals surface area contributed by atoms with Crippen LogP contribution in [0.4, 0.5) is 0 Å². The molecule has 0 spiro atoms. The number of hydrogen-bond acceptors (Lipinski definition) is 2. The van der Waals surface area contributed by atoms with Gasteiger partial charge in [0.15, 0.2) is 0 Å². The van der Waals surface area contributed by atoms with Crippen molar-refractivity contribution < 1.29 is 9.53 Å². The van der Waals surface area contributed by atoms with Gasteiger partial charge in [-0.1, -0.05) is 18.8 Å². The van der Waals surface area contributed by atoms with E-state index < -0.39 is 0 Å². The number of nitrogens with one attached hydrogen (secondary N) is 1. The number of rotatable bonds is 4. The van der Waals surface area contributed by atoms with E-state index in [0.717, 1.165) is 23.3 Å². The van der Waals surface area contributed by atoms with E-state index >= 15 is 0 Å². The minimum Gasteiger partial charge on any atom is -0.497 e. The Labute approximate surface area is 144 Å². The number of benzene rings is 2. The molecule has 0 saturated carbocycles. The van der Waals surface area contributed by atoms with Gasteiger partial charge >= 0.3 is 0 Å². The van der Waals surface area contributed by atoms with E-state index in [-0.39, 0.29) is 11.4 Å². The van der Waals surface area contributed by atoms with E-state index in [1.807, 2.05) is 50.2 Å². The van der Waals surface area contributed by atoms with Crippen molar-refractivity contribution >= 4 is 5.91 Å². The molecule has 124 valence electrons. The SMILES string of the molecule is CCC(C)(C)NC(=O)c1ccc(C#Cc2ccc(OC)cc2)cc1. The first-order valence-corrected chi connectivity index (χ1v) is 8.02. The van der Waals surface area contributed by atoms with Gasteiger partial charge in [0.25, 0.3) is 5.91 Å². The van der Waals surface area contributed by atoms with Crippen molar-refractivity contribution in [1.82, 2.24) is 5.32 Å². The van der Waals surface area contributed by atoms with Gasteiger partial charge in [0.05, 0.1) is 7.11 Å². The number of methoxy groups -OCH3 is 1. The largest absolute Gasteiger partial charge is 0.497 e. The van der Waals surface area contributed by atoms with Gasteiger partial charge in [-0.3, -0.25) is 4.79 Å². The van der Waals surface area contributed by atoms with Gasteiger partial charge in [0.1, 0.15) is 5.75 Å². The fourth-order valence-electron chi connectivity index (χ4n) is 1.99. The normalized spacial score (nSPS) is 10.5. The maximum atomic E-state index is 12.2. The smallest absolute Gasteiger partial charge is 0.251 e. The van der Waals surface area contributed by atoms with Crippen LogP contribution < -0.4 is 10.1 Å². The van der Waals surface area contributed by atoms with Crippen molar-refractivity contribution in [2.24, 2.45) is 0 Å². The van der Waals surface area contributed by atoms with E-state index in [0.29, 0.717) is 5.56 Å². The molecule has 0 aliphatic heterocycles. The second-order valence-corrected chi connectivity index (χ2v) is 6.25. The van der Waals surface area contributed by atoms with E-state index in [1.165, 1.54) is 0 Å². The summed E-state index contributed by atoms with van der Waals surface area (Å²) >= 11 is 0. The zero-order valence-corrected chi connectivity index (χ0v) is 14.6. The molecule has 0 aromatic heterocycles. The Balaban J connectivity index is 2.07. The van der Waals surface area contributed by atoms with Gasteiger partial charge < -0.3 is 10.1 Å². The van der Waals surface area contributed by atoms with Crippen LogP contribution in [-0.4, -0.2) is 18.6 Å². The molecule has 0 unspecified atom stereocenters. The van der Waals surface area contributed by atoms with Crippen LogP contribution in [0.25, 0.3) is 0 Å². The third-order valence-corrected chi connectivity index (χ3v) is 3.92. The molecule has 2 rings (SSSR count). The van der Waals surface area contributed by atoms with Gasteiger partial charge in [-0.25, -0.2) is 0 Å². The van der Waals surface area contributed by atoms with Crippen LogP contribution in [0.3, 0.4) is 0 Å². The first kappa shape index (κ1) is 17.6. The molecule has 3 heteroatoms. The fraction of sp³-hybridized carbons (Fsp3) is 0.286. The van der Waals surface area contributed by atoms with Crippen LogP contribution in [0.15, 0.2) is 48.5 Å². The molecular formula is C21H23NO2. The topological polar surface area (TPSA) is 38.3 Å². The Kier molecular flexibility index (Phi) is 5.65. The number of ether oxygens (including phenoxy) is 1. The molecule has 0 aliphatic rings. The summed E-state index contributed by atoms with van der Waals surface area (Å²) in [5, 5.41) is 3.02. The second kappa shape index (κ2) is 7.70.